The number of hydrazone groups is 1. The van der Waals surface area contributed by atoms with Crippen molar-refractivity contribution in [3.8, 4) is 0 Å². The second-order valence-electron chi connectivity index (χ2n) is 4.60. The van der Waals surface area contributed by atoms with Gasteiger partial charge in [0.25, 0.3) is 0 Å². The lowest BCUT2D eigenvalue weighted by Crippen LogP contribution is -2.54. The van der Waals surface area contributed by atoms with Gasteiger partial charge in [0.15, 0.2) is 0 Å². The first-order chi connectivity index (χ1) is 9.66. The van der Waals surface area contributed by atoms with Crippen molar-refractivity contribution >= 4 is 17.5 Å². The van der Waals surface area contributed by atoms with E-state index in [1.807, 2.05) is 37.3 Å². The lowest BCUT2D eigenvalue weighted by atomic mass is 10.1. The highest BCUT2D eigenvalue weighted by Gasteiger charge is 2.23. The van der Waals surface area contributed by atoms with Gasteiger partial charge in [-0.05, 0) is 12.5 Å². The van der Waals surface area contributed by atoms with E-state index in [1.54, 1.807) is 0 Å². The number of carbonyl (C=O) groups is 2. The van der Waals surface area contributed by atoms with Crippen LogP contribution in [0.1, 0.15) is 18.9 Å². The molecule has 2 amide bonds. The van der Waals surface area contributed by atoms with E-state index in [0.717, 1.165) is 11.3 Å². The van der Waals surface area contributed by atoms with Gasteiger partial charge in [0.1, 0.15) is 0 Å². The summed E-state index contributed by atoms with van der Waals surface area (Å²) in [7, 11) is 0. The third-order valence-corrected chi connectivity index (χ3v) is 3.06. The Morgan fingerprint density at radius 2 is 2.10 bits per heavy atom. The molecular formula is C14H18N4O2. The second kappa shape index (κ2) is 6.81. The third kappa shape index (κ3) is 3.89. The lowest BCUT2D eigenvalue weighted by Gasteiger charge is -2.22. The number of carbonyl (C=O) groups excluding carboxylic acids is 2. The van der Waals surface area contributed by atoms with Crippen molar-refractivity contribution in [3.05, 3.63) is 35.9 Å². The highest BCUT2D eigenvalue weighted by atomic mass is 16.2. The van der Waals surface area contributed by atoms with Gasteiger partial charge in [-0.3, -0.25) is 9.59 Å². The Morgan fingerprint density at radius 1 is 1.35 bits per heavy atom. The van der Waals surface area contributed by atoms with E-state index in [1.165, 1.54) is 0 Å². The van der Waals surface area contributed by atoms with Crippen LogP contribution in [-0.4, -0.2) is 36.7 Å². The zero-order chi connectivity index (χ0) is 14.4. The van der Waals surface area contributed by atoms with Crippen LogP contribution < -0.4 is 16.1 Å². The first-order valence-corrected chi connectivity index (χ1v) is 6.56. The lowest BCUT2D eigenvalue weighted by molar-refractivity contribution is -0.129. The van der Waals surface area contributed by atoms with Crippen molar-refractivity contribution in [2.75, 3.05) is 13.1 Å². The predicted molar refractivity (Wildman–Crippen MR) is 76.2 cm³/mol. The Hall–Kier alpha value is -2.21. The fraction of sp³-hybridized carbons (Fsp3) is 0.357. The maximum atomic E-state index is 11.8. The smallest absolute Gasteiger partial charge is 0.242 e. The molecule has 0 spiro atoms. The topological polar surface area (TPSA) is 82.6 Å². The van der Waals surface area contributed by atoms with Gasteiger partial charge in [-0.1, -0.05) is 30.3 Å². The molecule has 1 fully saturated rings. The van der Waals surface area contributed by atoms with Gasteiger partial charge in [0, 0.05) is 13.1 Å². The first-order valence-electron chi connectivity index (χ1n) is 6.56. The molecule has 1 heterocycles. The number of rotatable bonds is 4. The molecule has 1 aliphatic rings. The summed E-state index contributed by atoms with van der Waals surface area (Å²) in [5, 5.41) is 9.75. The van der Waals surface area contributed by atoms with Crippen LogP contribution in [0.15, 0.2) is 35.4 Å². The molecule has 1 saturated heterocycles. The van der Waals surface area contributed by atoms with Crippen LogP contribution in [0, 0.1) is 0 Å². The summed E-state index contributed by atoms with van der Waals surface area (Å²) in [4.78, 5) is 23.3. The molecule has 6 heteroatoms. The Labute approximate surface area is 117 Å². The van der Waals surface area contributed by atoms with E-state index in [0.29, 0.717) is 13.1 Å². The minimum absolute atomic E-state index is 0.0808. The van der Waals surface area contributed by atoms with E-state index < -0.39 is 6.04 Å². The average molecular weight is 274 g/mol. The summed E-state index contributed by atoms with van der Waals surface area (Å²) in [6.45, 7) is 3.10. The summed E-state index contributed by atoms with van der Waals surface area (Å²) in [6.07, 6.45) is 0.0808. The van der Waals surface area contributed by atoms with Crippen LogP contribution in [0.4, 0.5) is 0 Å². The van der Waals surface area contributed by atoms with Crippen LogP contribution in [0.2, 0.25) is 0 Å². The van der Waals surface area contributed by atoms with E-state index >= 15 is 0 Å². The number of benzene rings is 1. The molecule has 0 aliphatic carbocycles. The molecule has 0 saturated carbocycles. The molecule has 2 rings (SSSR count). The summed E-state index contributed by atoms with van der Waals surface area (Å²) >= 11 is 0. The molecule has 0 aromatic heterocycles. The Morgan fingerprint density at radius 3 is 2.80 bits per heavy atom. The monoisotopic (exact) mass is 274 g/mol. The number of piperazine rings is 1. The average Bonchev–Trinajstić information content (AvgIpc) is 2.48. The van der Waals surface area contributed by atoms with Crippen LogP contribution in [0.3, 0.4) is 0 Å². The van der Waals surface area contributed by atoms with Crippen molar-refractivity contribution in [1.29, 1.82) is 0 Å². The molecule has 1 aliphatic heterocycles. The van der Waals surface area contributed by atoms with Gasteiger partial charge in [0.2, 0.25) is 11.8 Å². The van der Waals surface area contributed by atoms with Crippen molar-refractivity contribution < 1.29 is 9.59 Å². The maximum absolute atomic E-state index is 11.8. The summed E-state index contributed by atoms with van der Waals surface area (Å²) in [5.41, 5.74) is 4.15. The summed E-state index contributed by atoms with van der Waals surface area (Å²) in [5.74, 6) is -0.426. The van der Waals surface area contributed by atoms with Gasteiger partial charge in [-0.2, -0.15) is 5.10 Å². The molecule has 1 atom stereocenters. The van der Waals surface area contributed by atoms with E-state index in [4.69, 9.17) is 0 Å². The standard InChI is InChI=1S/C14H18N4O2/c1-10(11-5-3-2-4-6-11)17-18-13(19)9-12-14(20)16-8-7-15-12/h2-6,12,15H,7-9H2,1H3,(H,16,20)(H,18,19). The molecule has 0 bridgehead atoms. The van der Waals surface area contributed by atoms with Crippen molar-refractivity contribution in [1.82, 2.24) is 16.1 Å². The molecule has 106 valence electrons. The quantitative estimate of drug-likeness (QED) is 0.534. The molecule has 3 N–H and O–H groups in total. The van der Waals surface area contributed by atoms with Gasteiger partial charge < -0.3 is 10.6 Å². The van der Waals surface area contributed by atoms with E-state index in [-0.39, 0.29) is 18.2 Å². The van der Waals surface area contributed by atoms with Crippen molar-refractivity contribution in [3.63, 3.8) is 0 Å². The number of hydrogen-bond acceptors (Lipinski definition) is 4. The normalized spacial score (nSPS) is 19.4. The van der Waals surface area contributed by atoms with E-state index in [9.17, 15) is 9.59 Å². The number of nitrogens with zero attached hydrogens (tertiary/aromatic N) is 1. The van der Waals surface area contributed by atoms with Gasteiger partial charge in [-0.15, -0.1) is 0 Å². The number of nitrogens with one attached hydrogen (secondary N) is 3. The largest absolute Gasteiger partial charge is 0.353 e. The van der Waals surface area contributed by atoms with E-state index in [2.05, 4.69) is 21.2 Å². The SMILES string of the molecule is CC(=NNC(=O)CC1NCCNC1=O)c1ccccc1. The third-order valence-electron chi connectivity index (χ3n) is 3.06. The fourth-order valence-corrected chi connectivity index (χ4v) is 1.93. The molecule has 1 aromatic rings. The highest BCUT2D eigenvalue weighted by Crippen LogP contribution is 2.00. The minimum atomic E-state index is -0.476. The number of amides is 2. The van der Waals surface area contributed by atoms with Crippen LogP contribution >= 0.6 is 0 Å². The van der Waals surface area contributed by atoms with Crippen LogP contribution in [0.25, 0.3) is 0 Å². The molecule has 0 radical (unpaired) electrons. The zero-order valence-electron chi connectivity index (χ0n) is 11.3. The molecule has 20 heavy (non-hydrogen) atoms. The summed E-state index contributed by atoms with van der Waals surface area (Å²) < 4.78 is 0. The molecular weight excluding hydrogens is 256 g/mol. The van der Waals surface area contributed by atoms with Crippen LogP contribution in [-0.2, 0) is 9.59 Å². The molecule has 6 nitrogen and oxygen atoms in total. The van der Waals surface area contributed by atoms with Gasteiger partial charge >= 0.3 is 0 Å². The Balaban J connectivity index is 1.87. The van der Waals surface area contributed by atoms with Crippen molar-refractivity contribution in [2.45, 2.75) is 19.4 Å². The van der Waals surface area contributed by atoms with Gasteiger partial charge in [0.05, 0.1) is 18.2 Å². The minimum Gasteiger partial charge on any atom is -0.353 e. The Bertz CT molecular complexity index is 513. The fourth-order valence-electron chi connectivity index (χ4n) is 1.93. The Kier molecular flexibility index (Phi) is 4.84. The van der Waals surface area contributed by atoms with Crippen LogP contribution in [0.5, 0.6) is 0 Å². The zero-order valence-corrected chi connectivity index (χ0v) is 11.3. The van der Waals surface area contributed by atoms with Crippen molar-refractivity contribution in [2.24, 2.45) is 5.10 Å². The molecule has 1 aromatic carbocycles. The highest BCUT2D eigenvalue weighted by molar-refractivity contribution is 5.99. The summed E-state index contributed by atoms with van der Waals surface area (Å²) in [6, 6.07) is 9.10. The number of hydrogen-bond donors (Lipinski definition) is 3. The van der Waals surface area contributed by atoms with Gasteiger partial charge in [-0.25, -0.2) is 5.43 Å². The molecule has 1 unspecified atom stereocenters. The first kappa shape index (κ1) is 14.2. The maximum Gasteiger partial charge on any atom is 0.242 e. The predicted octanol–water partition coefficient (Wildman–Crippen LogP) is 0.00490. The second-order valence-corrected chi connectivity index (χ2v) is 4.60.